The number of aromatic nitrogens is 2. The fourth-order valence-electron chi connectivity index (χ4n) is 1.50. The molecule has 1 rings (SSSR count). The molecule has 0 aliphatic heterocycles. The number of nitrogens with zero attached hydrogens (tertiary/aromatic N) is 3. The maximum Gasteiger partial charge on any atom is 0.137 e. The molecule has 1 unspecified atom stereocenters. The van der Waals surface area contributed by atoms with Crippen LogP contribution < -0.4 is 4.90 Å². The molecule has 1 heterocycles. The molecule has 0 saturated heterocycles. The van der Waals surface area contributed by atoms with Gasteiger partial charge in [-0.1, -0.05) is 32.4 Å². The van der Waals surface area contributed by atoms with E-state index in [2.05, 4.69) is 48.8 Å². The van der Waals surface area contributed by atoms with E-state index in [9.17, 15) is 0 Å². The van der Waals surface area contributed by atoms with Crippen LogP contribution >= 0.6 is 23.4 Å². The maximum absolute atomic E-state index is 6.10. The average molecular weight is 288 g/mol. The molecule has 0 aromatic carbocycles. The second-order valence-corrected chi connectivity index (χ2v) is 6.84. The normalized spacial score (nSPS) is 13.5. The van der Waals surface area contributed by atoms with Crippen LogP contribution in [0.1, 0.15) is 33.5 Å². The first-order valence-electron chi connectivity index (χ1n) is 6.02. The molecule has 0 amide bonds. The summed E-state index contributed by atoms with van der Waals surface area (Å²) in [6, 6.07) is 2.24. The number of halogens is 1. The monoisotopic (exact) mass is 287 g/mol. The molecule has 0 radical (unpaired) electrons. The van der Waals surface area contributed by atoms with Crippen LogP contribution in [0.2, 0.25) is 5.15 Å². The minimum absolute atomic E-state index is 0.0940. The van der Waals surface area contributed by atoms with Gasteiger partial charge in [-0.2, -0.15) is 11.8 Å². The molecule has 0 aliphatic carbocycles. The quantitative estimate of drug-likeness (QED) is 0.791. The van der Waals surface area contributed by atoms with Gasteiger partial charge in [-0.3, -0.25) is 0 Å². The van der Waals surface area contributed by atoms with Gasteiger partial charge in [-0.25, -0.2) is 9.97 Å². The van der Waals surface area contributed by atoms with Crippen LogP contribution in [0.3, 0.4) is 0 Å². The van der Waals surface area contributed by atoms with Crippen molar-refractivity contribution in [2.45, 2.75) is 39.2 Å². The van der Waals surface area contributed by atoms with Crippen molar-refractivity contribution in [1.29, 1.82) is 0 Å². The standard InChI is InChI=1S/C13H22ClN3S/c1-9(8-18-6)17(5)11-7-10(14)15-12(16-11)13(2,3)4/h7,9H,8H2,1-6H3. The molecule has 1 aromatic rings. The highest BCUT2D eigenvalue weighted by Crippen LogP contribution is 2.24. The number of hydrogen-bond donors (Lipinski definition) is 0. The van der Waals surface area contributed by atoms with Gasteiger partial charge in [-0.15, -0.1) is 0 Å². The number of anilines is 1. The third kappa shape index (κ3) is 4.02. The topological polar surface area (TPSA) is 29.0 Å². The first-order valence-corrected chi connectivity index (χ1v) is 7.79. The van der Waals surface area contributed by atoms with Crippen LogP contribution in [0.5, 0.6) is 0 Å². The Morgan fingerprint density at radius 3 is 2.50 bits per heavy atom. The van der Waals surface area contributed by atoms with E-state index in [1.165, 1.54) is 0 Å². The Labute approximate surface area is 119 Å². The Kier molecular flexibility index (Phi) is 5.29. The molecule has 1 aromatic heterocycles. The van der Waals surface area contributed by atoms with E-state index in [0.29, 0.717) is 11.2 Å². The van der Waals surface area contributed by atoms with E-state index in [-0.39, 0.29) is 5.41 Å². The minimum Gasteiger partial charge on any atom is -0.356 e. The van der Waals surface area contributed by atoms with Gasteiger partial charge in [0.05, 0.1) is 0 Å². The summed E-state index contributed by atoms with van der Waals surface area (Å²) in [6.45, 7) is 8.46. The summed E-state index contributed by atoms with van der Waals surface area (Å²) in [5, 5.41) is 0.508. The van der Waals surface area contributed by atoms with Gasteiger partial charge in [0.2, 0.25) is 0 Å². The van der Waals surface area contributed by atoms with Crippen LogP contribution in [0.25, 0.3) is 0 Å². The van der Waals surface area contributed by atoms with E-state index in [0.717, 1.165) is 17.4 Å². The SMILES string of the molecule is CSCC(C)N(C)c1cc(Cl)nc(C(C)(C)C)n1. The van der Waals surface area contributed by atoms with Crippen molar-refractivity contribution in [3.8, 4) is 0 Å². The van der Waals surface area contributed by atoms with E-state index in [4.69, 9.17) is 11.6 Å². The van der Waals surface area contributed by atoms with Crippen molar-refractivity contribution in [1.82, 2.24) is 9.97 Å². The van der Waals surface area contributed by atoms with Gasteiger partial charge in [0.15, 0.2) is 0 Å². The molecule has 3 nitrogen and oxygen atoms in total. The second kappa shape index (κ2) is 6.11. The molecule has 0 aliphatic rings. The van der Waals surface area contributed by atoms with Crippen molar-refractivity contribution < 1.29 is 0 Å². The summed E-state index contributed by atoms with van der Waals surface area (Å²) in [4.78, 5) is 11.1. The Bertz CT molecular complexity index is 404. The first-order chi connectivity index (χ1) is 8.25. The van der Waals surface area contributed by atoms with Gasteiger partial charge in [0, 0.05) is 30.3 Å². The van der Waals surface area contributed by atoms with E-state index in [1.807, 2.05) is 24.9 Å². The molecule has 0 saturated carbocycles. The smallest absolute Gasteiger partial charge is 0.137 e. The predicted molar refractivity (Wildman–Crippen MR) is 82.0 cm³/mol. The van der Waals surface area contributed by atoms with E-state index in [1.54, 1.807) is 0 Å². The Hall–Kier alpha value is -0.480. The van der Waals surface area contributed by atoms with Crippen LogP contribution in [-0.4, -0.2) is 35.1 Å². The van der Waals surface area contributed by atoms with Crippen molar-refractivity contribution in [3.05, 3.63) is 17.0 Å². The van der Waals surface area contributed by atoms with Crippen LogP contribution in [0.15, 0.2) is 6.07 Å². The molecule has 0 spiro atoms. The summed E-state index contributed by atoms with van der Waals surface area (Å²) < 4.78 is 0. The fraction of sp³-hybridized carbons (Fsp3) is 0.692. The maximum atomic E-state index is 6.10. The Morgan fingerprint density at radius 1 is 1.39 bits per heavy atom. The highest BCUT2D eigenvalue weighted by molar-refractivity contribution is 7.98. The van der Waals surface area contributed by atoms with E-state index >= 15 is 0 Å². The molecule has 18 heavy (non-hydrogen) atoms. The zero-order valence-electron chi connectivity index (χ0n) is 12.0. The summed E-state index contributed by atoms with van der Waals surface area (Å²) in [5.41, 5.74) is -0.0940. The predicted octanol–water partition coefficient (Wildman–Crippen LogP) is 3.62. The second-order valence-electron chi connectivity index (χ2n) is 5.54. The lowest BCUT2D eigenvalue weighted by atomic mass is 9.96. The lowest BCUT2D eigenvalue weighted by molar-refractivity contribution is 0.543. The van der Waals surface area contributed by atoms with Crippen molar-refractivity contribution in [2.75, 3.05) is 24.0 Å². The van der Waals surface area contributed by atoms with Gasteiger partial charge in [0.25, 0.3) is 0 Å². The summed E-state index contributed by atoms with van der Waals surface area (Å²) in [5.74, 6) is 2.73. The van der Waals surface area contributed by atoms with Crippen LogP contribution in [0.4, 0.5) is 5.82 Å². The largest absolute Gasteiger partial charge is 0.356 e. The zero-order chi connectivity index (χ0) is 13.9. The number of rotatable bonds is 4. The fourth-order valence-corrected chi connectivity index (χ4v) is 2.38. The van der Waals surface area contributed by atoms with Gasteiger partial charge in [-0.05, 0) is 13.2 Å². The highest BCUT2D eigenvalue weighted by atomic mass is 35.5. The molecule has 0 fully saturated rings. The minimum atomic E-state index is -0.0940. The number of hydrogen-bond acceptors (Lipinski definition) is 4. The average Bonchev–Trinajstić information content (AvgIpc) is 2.26. The van der Waals surface area contributed by atoms with Crippen LogP contribution in [0, 0.1) is 0 Å². The molecule has 5 heteroatoms. The molecular weight excluding hydrogens is 266 g/mol. The Balaban J connectivity index is 3.06. The van der Waals surface area contributed by atoms with E-state index < -0.39 is 0 Å². The van der Waals surface area contributed by atoms with Crippen molar-refractivity contribution >= 4 is 29.2 Å². The third-order valence-electron chi connectivity index (χ3n) is 2.78. The summed E-state index contributed by atoms with van der Waals surface area (Å²) in [6.07, 6.45) is 2.11. The Morgan fingerprint density at radius 2 is 2.00 bits per heavy atom. The molecule has 1 atom stereocenters. The third-order valence-corrected chi connectivity index (χ3v) is 3.79. The summed E-state index contributed by atoms with van der Waals surface area (Å²) >= 11 is 7.93. The van der Waals surface area contributed by atoms with Crippen molar-refractivity contribution in [2.24, 2.45) is 0 Å². The summed E-state index contributed by atoms with van der Waals surface area (Å²) in [7, 11) is 2.05. The van der Waals surface area contributed by atoms with Gasteiger partial charge < -0.3 is 4.90 Å². The zero-order valence-corrected chi connectivity index (χ0v) is 13.6. The highest BCUT2D eigenvalue weighted by Gasteiger charge is 2.20. The number of thioether (sulfide) groups is 1. The molecular formula is C13H22ClN3S. The lowest BCUT2D eigenvalue weighted by Gasteiger charge is -2.27. The van der Waals surface area contributed by atoms with Crippen molar-refractivity contribution in [3.63, 3.8) is 0 Å². The molecule has 102 valence electrons. The molecule has 0 bridgehead atoms. The van der Waals surface area contributed by atoms with Gasteiger partial charge >= 0.3 is 0 Å². The van der Waals surface area contributed by atoms with Crippen LogP contribution in [-0.2, 0) is 5.41 Å². The lowest BCUT2D eigenvalue weighted by Crippen LogP contribution is -2.32. The van der Waals surface area contributed by atoms with Gasteiger partial charge in [0.1, 0.15) is 16.8 Å². The first kappa shape index (κ1) is 15.6. The molecule has 0 N–H and O–H groups in total.